The molecule has 0 fully saturated rings. The second kappa shape index (κ2) is 22.1. The van der Waals surface area contributed by atoms with Crippen LogP contribution >= 0.6 is 0 Å². The number of ether oxygens (including phenoxy) is 3. The quantitative estimate of drug-likeness (QED) is 0.160. The number of nitrogens with zero attached hydrogens (tertiary/aromatic N) is 2. The summed E-state index contributed by atoms with van der Waals surface area (Å²) in [6.07, 6.45) is 3.14. The maximum Gasteiger partial charge on any atom is 0.0594 e. The van der Waals surface area contributed by atoms with Crippen LogP contribution in [0.2, 0.25) is 0 Å². The van der Waals surface area contributed by atoms with Gasteiger partial charge < -0.3 is 36.3 Å². The van der Waals surface area contributed by atoms with Crippen molar-refractivity contribution in [3.8, 4) is 0 Å². The molecule has 0 unspecified atom stereocenters. The van der Waals surface area contributed by atoms with Crippen LogP contribution in [0.3, 0.4) is 0 Å². The lowest BCUT2D eigenvalue weighted by atomic mass is 10.1. The van der Waals surface area contributed by atoms with Crippen LogP contribution in [0.15, 0.2) is 12.2 Å². The summed E-state index contributed by atoms with van der Waals surface area (Å²) in [5.41, 5.74) is 17.7. The Morgan fingerprint density at radius 3 is 1.34 bits per heavy atom. The van der Waals surface area contributed by atoms with Crippen LogP contribution in [0.1, 0.15) is 26.2 Å². The van der Waals surface area contributed by atoms with E-state index in [1.165, 1.54) is 5.57 Å². The smallest absolute Gasteiger partial charge is 0.0594 e. The topological polar surface area (TPSA) is 112 Å². The summed E-state index contributed by atoms with van der Waals surface area (Å²) in [6.45, 7) is 17.9. The van der Waals surface area contributed by atoms with E-state index in [1.54, 1.807) is 0 Å². The average molecular weight is 418 g/mol. The first-order valence-corrected chi connectivity index (χ1v) is 11.1. The first-order chi connectivity index (χ1) is 14.2. The van der Waals surface area contributed by atoms with Crippen molar-refractivity contribution >= 4 is 0 Å². The van der Waals surface area contributed by atoms with E-state index >= 15 is 0 Å². The van der Waals surface area contributed by atoms with E-state index in [0.29, 0.717) is 52.7 Å². The zero-order chi connectivity index (χ0) is 21.6. The van der Waals surface area contributed by atoms with Crippen LogP contribution in [-0.2, 0) is 14.2 Å². The molecule has 6 N–H and O–H groups in total. The molecule has 0 saturated heterocycles. The molecule has 0 aromatic rings. The molecule has 0 saturated carbocycles. The van der Waals surface area contributed by atoms with E-state index in [-0.39, 0.29) is 0 Å². The Morgan fingerprint density at radius 2 is 1.00 bits per heavy atom. The molecule has 0 aliphatic rings. The van der Waals surface area contributed by atoms with E-state index in [4.69, 9.17) is 31.4 Å². The largest absolute Gasteiger partial charge is 0.379 e. The van der Waals surface area contributed by atoms with Crippen LogP contribution in [0.4, 0.5) is 0 Å². The van der Waals surface area contributed by atoms with Crippen molar-refractivity contribution in [2.45, 2.75) is 26.2 Å². The molecule has 29 heavy (non-hydrogen) atoms. The molecule has 0 aromatic heterocycles. The minimum Gasteiger partial charge on any atom is -0.379 e. The fourth-order valence-corrected chi connectivity index (χ4v) is 2.88. The predicted molar refractivity (Wildman–Crippen MR) is 121 cm³/mol. The van der Waals surface area contributed by atoms with Gasteiger partial charge in [0.2, 0.25) is 0 Å². The van der Waals surface area contributed by atoms with Gasteiger partial charge in [0, 0.05) is 52.4 Å². The molecule has 0 heterocycles. The van der Waals surface area contributed by atoms with Crippen molar-refractivity contribution in [2.75, 3.05) is 98.5 Å². The highest BCUT2D eigenvalue weighted by Gasteiger charge is 2.08. The third-order valence-electron chi connectivity index (χ3n) is 4.55. The molecule has 0 radical (unpaired) electrons. The lowest BCUT2D eigenvalue weighted by Gasteiger charge is -2.24. The number of rotatable bonds is 23. The molecular weight excluding hydrogens is 370 g/mol. The van der Waals surface area contributed by atoms with Gasteiger partial charge in [-0.05, 0) is 25.8 Å². The molecule has 0 aromatic carbocycles. The van der Waals surface area contributed by atoms with Crippen molar-refractivity contribution < 1.29 is 14.2 Å². The zero-order valence-electron chi connectivity index (χ0n) is 18.8. The first kappa shape index (κ1) is 28.4. The van der Waals surface area contributed by atoms with Crippen LogP contribution in [0.25, 0.3) is 0 Å². The van der Waals surface area contributed by atoms with Crippen molar-refractivity contribution in [1.29, 1.82) is 0 Å². The Labute approximate surface area is 178 Å². The Balaban J connectivity index is 4.18. The summed E-state index contributed by atoms with van der Waals surface area (Å²) in [6, 6.07) is 0. The molecule has 8 nitrogen and oxygen atoms in total. The molecule has 0 aliphatic carbocycles. The minimum absolute atomic E-state index is 0.557. The van der Waals surface area contributed by atoms with E-state index in [9.17, 15) is 0 Å². The van der Waals surface area contributed by atoms with Crippen LogP contribution in [-0.4, -0.2) is 108 Å². The van der Waals surface area contributed by atoms with Gasteiger partial charge in [0.1, 0.15) is 0 Å². The van der Waals surface area contributed by atoms with Crippen molar-refractivity contribution in [3.05, 3.63) is 12.2 Å². The second-order valence-electron chi connectivity index (χ2n) is 7.14. The van der Waals surface area contributed by atoms with Gasteiger partial charge in [0.25, 0.3) is 0 Å². The summed E-state index contributed by atoms with van der Waals surface area (Å²) in [4.78, 5) is 4.81. The SMILES string of the molecule is C=C(CCN(CCC)CCOCCN)CCN(CCOCCN)CCOCCN. The highest BCUT2D eigenvalue weighted by Crippen LogP contribution is 2.08. The molecule has 174 valence electrons. The maximum absolute atomic E-state index is 5.53. The Morgan fingerprint density at radius 1 is 0.621 bits per heavy atom. The predicted octanol–water partition coefficient (Wildman–Crippen LogP) is 0.263. The van der Waals surface area contributed by atoms with Crippen LogP contribution in [0, 0.1) is 0 Å². The van der Waals surface area contributed by atoms with Crippen molar-refractivity contribution in [2.24, 2.45) is 17.2 Å². The van der Waals surface area contributed by atoms with Crippen molar-refractivity contribution in [1.82, 2.24) is 9.80 Å². The summed E-state index contributed by atoms with van der Waals surface area (Å²) >= 11 is 0. The molecular formula is C21H47N5O3. The van der Waals surface area contributed by atoms with Gasteiger partial charge in [0.15, 0.2) is 0 Å². The van der Waals surface area contributed by atoms with E-state index in [2.05, 4.69) is 23.3 Å². The number of hydrogen-bond acceptors (Lipinski definition) is 8. The highest BCUT2D eigenvalue weighted by molar-refractivity contribution is 4.95. The third-order valence-corrected chi connectivity index (χ3v) is 4.55. The second-order valence-corrected chi connectivity index (χ2v) is 7.14. The molecule has 0 atom stereocenters. The molecule has 0 bridgehead atoms. The molecule has 8 heteroatoms. The summed E-state index contributed by atoms with van der Waals surface area (Å²) in [7, 11) is 0. The highest BCUT2D eigenvalue weighted by atomic mass is 16.5. The van der Waals surface area contributed by atoms with Crippen molar-refractivity contribution in [3.63, 3.8) is 0 Å². The van der Waals surface area contributed by atoms with Gasteiger partial charge in [0.05, 0.1) is 39.6 Å². The van der Waals surface area contributed by atoms with E-state index < -0.39 is 0 Å². The average Bonchev–Trinajstić information content (AvgIpc) is 2.72. The monoisotopic (exact) mass is 417 g/mol. The molecule has 0 spiro atoms. The van der Waals surface area contributed by atoms with Gasteiger partial charge in [-0.25, -0.2) is 0 Å². The van der Waals surface area contributed by atoms with Gasteiger partial charge in [-0.15, -0.1) is 0 Å². The Bertz CT molecular complexity index is 349. The van der Waals surface area contributed by atoms with Gasteiger partial charge >= 0.3 is 0 Å². The Kier molecular flexibility index (Phi) is 21.7. The van der Waals surface area contributed by atoms with Gasteiger partial charge in [-0.1, -0.05) is 19.1 Å². The zero-order valence-corrected chi connectivity index (χ0v) is 18.8. The standard InChI is InChI=1S/C21H47N5O3/c1-3-9-25(12-18-27-15-6-22)10-4-21(2)5-11-26(13-19-28-16-7-23)14-20-29-17-8-24/h2-20,22-24H2,1H3. The molecule has 0 rings (SSSR count). The molecule has 0 amide bonds. The fourth-order valence-electron chi connectivity index (χ4n) is 2.88. The Hall–Kier alpha value is -0.580. The van der Waals surface area contributed by atoms with E-state index in [1.807, 2.05) is 0 Å². The van der Waals surface area contributed by atoms with Gasteiger partial charge in [-0.2, -0.15) is 0 Å². The third kappa shape index (κ3) is 19.1. The first-order valence-electron chi connectivity index (χ1n) is 11.1. The van der Waals surface area contributed by atoms with Crippen LogP contribution in [0.5, 0.6) is 0 Å². The number of nitrogens with two attached hydrogens (primary N) is 3. The maximum atomic E-state index is 5.53. The van der Waals surface area contributed by atoms with E-state index in [0.717, 1.165) is 65.1 Å². The van der Waals surface area contributed by atoms with Crippen LogP contribution < -0.4 is 17.2 Å². The normalized spacial score (nSPS) is 11.7. The molecule has 0 aliphatic heterocycles. The fraction of sp³-hybridized carbons (Fsp3) is 0.905. The summed E-state index contributed by atoms with van der Waals surface area (Å²) in [5.74, 6) is 0. The van der Waals surface area contributed by atoms with Gasteiger partial charge in [-0.3, -0.25) is 4.90 Å². The minimum atomic E-state index is 0.557. The summed E-state index contributed by atoms with van der Waals surface area (Å²) in [5, 5.41) is 0. The summed E-state index contributed by atoms with van der Waals surface area (Å²) < 4.78 is 16.6. The lowest BCUT2D eigenvalue weighted by Crippen LogP contribution is -2.33. The lowest BCUT2D eigenvalue weighted by molar-refractivity contribution is 0.0795. The number of hydrogen-bond donors (Lipinski definition) is 3.